The highest BCUT2D eigenvalue weighted by Crippen LogP contribution is 2.22. The predicted molar refractivity (Wildman–Crippen MR) is 109 cm³/mol. The third kappa shape index (κ3) is 5.61. The summed E-state index contributed by atoms with van der Waals surface area (Å²) in [5, 5.41) is 5.39. The number of anilines is 2. The van der Waals surface area contributed by atoms with Gasteiger partial charge in [0.05, 0.1) is 6.26 Å². The van der Waals surface area contributed by atoms with Crippen molar-refractivity contribution in [3.63, 3.8) is 0 Å². The number of carbonyl (C=O) groups is 2. The van der Waals surface area contributed by atoms with Crippen LogP contribution in [-0.2, 0) is 14.8 Å². The predicted octanol–water partition coefficient (Wildman–Crippen LogP) is 2.69. The Bertz CT molecular complexity index is 1020. The quantitative estimate of drug-likeness (QED) is 0.779. The molecule has 9 heteroatoms. The first-order valence-corrected chi connectivity index (χ1v) is 11.0. The smallest absolute Gasteiger partial charge is 0.255 e. The molecule has 7 nitrogen and oxygen atoms in total. The Balaban J connectivity index is 1.61. The number of halogens is 1. The van der Waals surface area contributed by atoms with Gasteiger partial charge in [-0.25, -0.2) is 17.1 Å². The van der Waals surface area contributed by atoms with Crippen LogP contribution < -0.4 is 10.6 Å². The summed E-state index contributed by atoms with van der Waals surface area (Å²) in [6.45, 7) is 0.625. The maximum atomic E-state index is 13.3. The third-order valence-corrected chi connectivity index (χ3v) is 6.07. The molecule has 1 aliphatic rings. The van der Waals surface area contributed by atoms with E-state index in [2.05, 4.69) is 10.6 Å². The Morgan fingerprint density at radius 3 is 2.24 bits per heavy atom. The summed E-state index contributed by atoms with van der Waals surface area (Å²) >= 11 is 0. The first-order valence-electron chi connectivity index (χ1n) is 9.15. The molecule has 1 heterocycles. The molecular formula is C20H22FN3O4S. The average Bonchev–Trinajstić information content (AvgIpc) is 2.67. The van der Waals surface area contributed by atoms with Gasteiger partial charge in [-0.05, 0) is 49.2 Å². The largest absolute Gasteiger partial charge is 0.326 e. The molecule has 3 rings (SSSR count). The zero-order chi connectivity index (χ0) is 21.0. The topological polar surface area (TPSA) is 95.6 Å². The number of sulfonamides is 1. The van der Waals surface area contributed by atoms with Crippen molar-refractivity contribution in [3.05, 3.63) is 59.9 Å². The van der Waals surface area contributed by atoms with Crippen molar-refractivity contribution in [2.75, 3.05) is 30.0 Å². The van der Waals surface area contributed by atoms with Gasteiger partial charge in [-0.3, -0.25) is 9.59 Å². The zero-order valence-electron chi connectivity index (χ0n) is 15.9. The number of piperidine rings is 1. The average molecular weight is 419 g/mol. The molecule has 2 aromatic rings. The number of amides is 2. The Morgan fingerprint density at radius 2 is 1.62 bits per heavy atom. The van der Waals surface area contributed by atoms with Gasteiger partial charge in [0, 0.05) is 35.9 Å². The van der Waals surface area contributed by atoms with Gasteiger partial charge in [0.1, 0.15) is 5.82 Å². The normalized spacial score (nSPS) is 15.7. The van der Waals surface area contributed by atoms with Gasteiger partial charge in [-0.1, -0.05) is 12.1 Å². The summed E-state index contributed by atoms with van der Waals surface area (Å²) in [4.78, 5) is 24.9. The van der Waals surface area contributed by atoms with Crippen LogP contribution >= 0.6 is 0 Å². The molecule has 2 N–H and O–H groups in total. The Morgan fingerprint density at radius 1 is 1.00 bits per heavy atom. The van der Waals surface area contributed by atoms with E-state index < -0.39 is 21.7 Å². The lowest BCUT2D eigenvalue weighted by Gasteiger charge is -2.29. The van der Waals surface area contributed by atoms with E-state index in [4.69, 9.17) is 0 Å². The summed E-state index contributed by atoms with van der Waals surface area (Å²) < 4.78 is 37.8. The standard InChI is InChI=1S/C20H22FN3O4S/c1-29(27,28)24-10-8-14(9-11-24)19(25)22-17-6-2-4-15(12-17)20(26)23-18-7-3-5-16(21)13-18/h2-7,12-14H,8-11H2,1H3,(H,22,25)(H,23,26). The maximum Gasteiger partial charge on any atom is 0.255 e. The number of carbonyl (C=O) groups excluding carboxylic acids is 2. The van der Waals surface area contributed by atoms with Crippen molar-refractivity contribution in [3.8, 4) is 0 Å². The molecule has 0 aromatic heterocycles. The van der Waals surface area contributed by atoms with Gasteiger partial charge in [0.25, 0.3) is 5.91 Å². The van der Waals surface area contributed by atoms with E-state index in [1.165, 1.54) is 28.6 Å². The summed E-state index contributed by atoms with van der Waals surface area (Å²) in [7, 11) is -3.24. The zero-order valence-corrected chi connectivity index (χ0v) is 16.7. The first kappa shape index (κ1) is 20.9. The molecule has 0 aliphatic carbocycles. The highest BCUT2D eigenvalue weighted by Gasteiger charge is 2.29. The van der Waals surface area contributed by atoms with Crippen LogP contribution in [0.3, 0.4) is 0 Å². The van der Waals surface area contributed by atoms with E-state index in [0.717, 1.165) is 6.26 Å². The fraction of sp³-hybridized carbons (Fsp3) is 0.300. The highest BCUT2D eigenvalue weighted by atomic mass is 32.2. The summed E-state index contributed by atoms with van der Waals surface area (Å²) in [6, 6.07) is 12.0. The molecule has 1 saturated heterocycles. The molecule has 0 saturated carbocycles. The first-order chi connectivity index (χ1) is 13.7. The lowest BCUT2D eigenvalue weighted by Crippen LogP contribution is -2.40. The molecule has 2 aromatic carbocycles. The molecule has 0 spiro atoms. The van der Waals surface area contributed by atoms with Gasteiger partial charge in [-0.2, -0.15) is 0 Å². The van der Waals surface area contributed by atoms with Crippen LogP contribution in [0, 0.1) is 11.7 Å². The number of nitrogens with zero attached hydrogens (tertiary/aromatic N) is 1. The van der Waals surface area contributed by atoms with Crippen molar-refractivity contribution in [2.45, 2.75) is 12.8 Å². The number of benzene rings is 2. The molecule has 0 atom stereocenters. The summed E-state index contributed by atoms with van der Waals surface area (Å²) in [6.07, 6.45) is 2.05. The van der Waals surface area contributed by atoms with Crippen LogP contribution in [0.25, 0.3) is 0 Å². The highest BCUT2D eigenvalue weighted by molar-refractivity contribution is 7.88. The maximum absolute atomic E-state index is 13.3. The van der Waals surface area contributed by atoms with Crippen molar-refractivity contribution in [1.29, 1.82) is 0 Å². The molecule has 1 aliphatic heterocycles. The van der Waals surface area contributed by atoms with Crippen LogP contribution in [0.2, 0.25) is 0 Å². The van der Waals surface area contributed by atoms with Gasteiger partial charge >= 0.3 is 0 Å². The van der Waals surface area contributed by atoms with Crippen molar-refractivity contribution < 1.29 is 22.4 Å². The van der Waals surface area contributed by atoms with Crippen molar-refractivity contribution in [2.24, 2.45) is 5.92 Å². The molecule has 0 unspecified atom stereocenters. The van der Waals surface area contributed by atoms with Crippen LogP contribution in [0.1, 0.15) is 23.2 Å². The lowest BCUT2D eigenvalue weighted by molar-refractivity contribution is -0.120. The minimum atomic E-state index is -3.24. The molecule has 1 fully saturated rings. The van der Waals surface area contributed by atoms with Crippen LogP contribution in [-0.4, -0.2) is 43.9 Å². The monoisotopic (exact) mass is 419 g/mol. The number of nitrogens with one attached hydrogen (secondary N) is 2. The second-order valence-electron chi connectivity index (χ2n) is 6.97. The summed E-state index contributed by atoms with van der Waals surface area (Å²) in [5.74, 6) is -1.38. The fourth-order valence-electron chi connectivity index (χ4n) is 3.20. The van der Waals surface area contributed by atoms with Gasteiger partial charge in [0.15, 0.2) is 0 Å². The molecule has 154 valence electrons. The second-order valence-corrected chi connectivity index (χ2v) is 8.95. The lowest BCUT2D eigenvalue weighted by atomic mass is 9.97. The Hall–Kier alpha value is -2.78. The van der Waals surface area contributed by atoms with Crippen LogP contribution in [0.5, 0.6) is 0 Å². The van der Waals surface area contributed by atoms with E-state index in [-0.39, 0.29) is 11.8 Å². The molecule has 0 bridgehead atoms. The molecule has 29 heavy (non-hydrogen) atoms. The third-order valence-electron chi connectivity index (χ3n) is 4.77. The Kier molecular flexibility index (Phi) is 6.29. The van der Waals surface area contributed by atoms with E-state index in [1.807, 2.05) is 0 Å². The van der Waals surface area contributed by atoms with Gasteiger partial charge in [-0.15, -0.1) is 0 Å². The fourth-order valence-corrected chi connectivity index (χ4v) is 4.08. The van der Waals surface area contributed by atoms with E-state index >= 15 is 0 Å². The molecular weight excluding hydrogens is 397 g/mol. The van der Waals surface area contributed by atoms with Crippen LogP contribution in [0.4, 0.5) is 15.8 Å². The molecule has 0 radical (unpaired) electrons. The number of rotatable bonds is 5. The SMILES string of the molecule is CS(=O)(=O)N1CCC(C(=O)Nc2cccc(C(=O)Nc3cccc(F)c3)c2)CC1. The minimum Gasteiger partial charge on any atom is -0.326 e. The van der Waals surface area contributed by atoms with E-state index in [9.17, 15) is 22.4 Å². The van der Waals surface area contributed by atoms with Gasteiger partial charge in [0.2, 0.25) is 15.9 Å². The number of hydrogen-bond donors (Lipinski definition) is 2. The van der Waals surface area contributed by atoms with Crippen molar-refractivity contribution >= 4 is 33.2 Å². The van der Waals surface area contributed by atoms with E-state index in [0.29, 0.717) is 42.9 Å². The summed E-state index contributed by atoms with van der Waals surface area (Å²) in [5.41, 5.74) is 1.12. The minimum absolute atomic E-state index is 0.208. The van der Waals surface area contributed by atoms with Crippen LogP contribution in [0.15, 0.2) is 48.5 Å². The van der Waals surface area contributed by atoms with E-state index in [1.54, 1.807) is 24.3 Å². The number of hydrogen-bond acceptors (Lipinski definition) is 4. The van der Waals surface area contributed by atoms with Gasteiger partial charge < -0.3 is 10.6 Å². The Labute approximate surface area is 169 Å². The second kappa shape index (κ2) is 8.71. The van der Waals surface area contributed by atoms with Crippen molar-refractivity contribution in [1.82, 2.24) is 4.31 Å². The molecule has 2 amide bonds.